The number of hydrogen-bond acceptors (Lipinski definition) is 3. The Kier molecular flexibility index (Phi) is 4.39. The van der Waals surface area contributed by atoms with Gasteiger partial charge in [-0.2, -0.15) is 0 Å². The van der Waals surface area contributed by atoms with Crippen molar-refractivity contribution >= 4 is 28.9 Å². The average Bonchev–Trinajstić information content (AvgIpc) is 2.40. The monoisotopic (exact) mass is 331 g/mol. The standard InChI is InChI=1S/C13H12Cl2FN3O2/c1-18-6-7(12(20)19(2)13(18)21)5-17-11-9(14)3-8(16)4-10(11)15/h3-4,6,17H,5H2,1-2H3. The molecule has 21 heavy (non-hydrogen) atoms. The second kappa shape index (κ2) is 5.91. The molecule has 0 aliphatic rings. The van der Waals surface area contributed by atoms with E-state index in [0.717, 1.165) is 16.7 Å². The Hall–Kier alpha value is -1.79. The number of hydrogen-bond donors (Lipinski definition) is 1. The van der Waals surface area contributed by atoms with Crippen molar-refractivity contribution in [2.45, 2.75) is 6.54 Å². The lowest BCUT2D eigenvalue weighted by Gasteiger charge is -2.11. The zero-order valence-corrected chi connectivity index (χ0v) is 12.8. The third kappa shape index (κ3) is 3.11. The third-order valence-electron chi connectivity index (χ3n) is 2.98. The van der Waals surface area contributed by atoms with Gasteiger partial charge in [-0.25, -0.2) is 9.18 Å². The summed E-state index contributed by atoms with van der Waals surface area (Å²) >= 11 is 11.8. The van der Waals surface area contributed by atoms with Gasteiger partial charge < -0.3 is 9.88 Å². The molecule has 2 aromatic rings. The Balaban J connectivity index is 2.34. The lowest BCUT2D eigenvalue weighted by Crippen LogP contribution is -2.38. The molecule has 0 bridgehead atoms. The van der Waals surface area contributed by atoms with E-state index in [-0.39, 0.29) is 16.6 Å². The normalized spacial score (nSPS) is 10.7. The van der Waals surface area contributed by atoms with E-state index in [1.54, 1.807) is 7.05 Å². The molecule has 8 heteroatoms. The topological polar surface area (TPSA) is 56.0 Å². The van der Waals surface area contributed by atoms with E-state index < -0.39 is 17.1 Å². The number of nitrogens with zero attached hydrogens (tertiary/aromatic N) is 2. The summed E-state index contributed by atoms with van der Waals surface area (Å²) in [5.74, 6) is -0.548. The zero-order chi connectivity index (χ0) is 15.7. The van der Waals surface area contributed by atoms with Crippen molar-refractivity contribution < 1.29 is 4.39 Å². The highest BCUT2D eigenvalue weighted by Gasteiger charge is 2.11. The minimum Gasteiger partial charge on any atom is -0.378 e. The summed E-state index contributed by atoms with van der Waals surface area (Å²) in [6.07, 6.45) is 1.43. The number of rotatable bonds is 3. The Morgan fingerprint density at radius 1 is 1.19 bits per heavy atom. The molecular weight excluding hydrogens is 320 g/mol. The fourth-order valence-electron chi connectivity index (χ4n) is 1.90. The molecule has 0 saturated heterocycles. The van der Waals surface area contributed by atoms with Gasteiger partial charge >= 0.3 is 5.69 Å². The van der Waals surface area contributed by atoms with Gasteiger partial charge in [0.25, 0.3) is 5.56 Å². The largest absolute Gasteiger partial charge is 0.378 e. The first-order chi connectivity index (χ1) is 9.81. The van der Waals surface area contributed by atoms with Gasteiger partial charge in [-0.05, 0) is 12.1 Å². The number of nitrogens with one attached hydrogen (secondary N) is 1. The van der Waals surface area contributed by atoms with Gasteiger partial charge in [-0.1, -0.05) is 23.2 Å². The predicted molar refractivity (Wildman–Crippen MR) is 80.7 cm³/mol. The van der Waals surface area contributed by atoms with Gasteiger partial charge in [-0.15, -0.1) is 0 Å². The van der Waals surface area contributed by atoms with Crippen molar-refractivity contribution in [3.05, 3.63) is 60.6 Å². The van der Waals surface area contributed by atoms with Crippen molar-refractivity contribution in [2.75, 3.05) is 5.32 Å². The molecular formula is C13H12Cl2FN3O2. The van der Waals surface area contributed by atoms with Crippen LogP contribution in [0.5, 0.6) is 0 Å². The van der Waals surface area contributed by atoms with Crippen molar-refractivity contribution in [1.82, 2.24) is 9.13 Å². The second-order valence-electron chi connectivity index (χ2n) is 4.51. The lowest BCUT2D eigenvalue weighted by molar-refractivity contribution is 0.628. The molecule has 1 aromatic carbocycles. The molecule has 1 N–H and O–H groups in total. The molecule has 0 fully saturated rings. The van der Waals surface area contributed by atoms with Gasteiger partial charge in [0, 0.05) is 26.8 Å². The van der Waals surface area contributed by atoms with Crippen LogP contribution >= 0.6 is 23.2 Å². The fraction of sp³-hybridized carbons (Fsp3) is 0.231. The Morgan fingerprint density at radius 3 is 2.33 bits per heavy atom. The summed E-state index contributed by atoms with van der Waals surface area (Å²) < 4.78 is 15.4. The van der Waals surface area contributed by atoms with E-state index in [2.05, 4.69) is 5.32 Å². The summed E-state index contributed by atoms with van der Waals surface area (Å²) in [6.45, 7) is 0.103. The van der Waals surface area contributed by atoms with Crippen LogP contribution in [0, 0.1) is 5.82 Å². The number of benzene rings is 1. The first-order valence-electron chi connectivity index (χ1n) is 5.95. The Morgan fingerprint density at radius 2 is 1.76 bits per heavy atom. The average molecular weight is 332 g/mol. The minimum absolute atomic E-state index is 0.103. The predicted octanol–water partition coefficient (Wildman–Crippen LogP) is 2.14. The number of aromatic nitrogens is 2. The molecule has 112 valence electrons. The van der Waals surface area contributed by atoms with Crippen LogP contribution in [0.4, 0.5) is 10.1 Å². The molecule has 0 aliphatic carbocycles. The fourth-order valence-corrected chi connectivity index (χ4v) is 2.49. The van der Waals surface area contributed by atoms with Crippen molar-refractivity contribution in [1.29, 1.82) is 0 Å². The van der Waals surface area contributed by atoms with E-state index in [0.29, 0.717) is 11.3 Å². The molecule has 0 amide bonds. The number of halogens is 3. The molecule has 0 atom stereocenters. The van der Waals surface area contributed by atoms with E-state index in [1.807, 2.05) is 0 Å². The second-order valence-corrected chi connectivity index (χ2v) is 5.32. The molecule has 0 unspecified atom stereocenters. The smallest absolute Gasteiger partial charge is 0.330 e. The van der Waals surface area contributed by atoms with Crippen molar-refractivity contribution in [3.8, 4) is 0 Å². The van der Waals surface area contributed by atoms with Crippen LogP contribution in [0.3, 0.4) is 0 Å². The van der Waals surface area contributed by atoms with Gasteiger partial charge in [0.05, 0.1) is 21.3 Å². The highest BCUT2D eigenvalue weighted by atomic mass is 35.5. The zero-order valence-electron chi connectivity index (χ0n) is 11.3. The molecule has 0 aliphatic heterocycles. The minimum atomic E-state index is -0.548. The Bertz CT molecular complexity index is 791. The maximum atomic E-state index is 13.1. The maximum Gasteiger partial charge on any atom is 0.330 e. The van der Waals surface area contributed by atoms with E-state index in [1.165, 1.54) is 17.8 Å². The van der Waals surface area contributed by atoms with Gasteiger partial charge in [0.2, 0.25) is 0 Å². The van der Waals surface area contributed by atoms with E-state index in [4.69, 9.17) is 23.2 Å². The summed E-state index contributed by atoms with van der Waals surface area (Å²) in [5.41, 5.74) is -0.145. The van der Waals surface area contributed by atoms with Gasteiger partial charge in [-0.3, -0.25) is 9.36 Å². The molecule has 0 saturated carbocycles. The van der Waals surface area contributed by atoms with E-state index >= 15 is 0 Å². The molecule has 5 nitrogen and oxygen atoms in total. The first-order valence-corrected chi connectivity index (χ1v) is 6.71. The van der Waals surface area contributed by atoms with Crippen LogP contribution in [0.1, 0.15) is 5.56 Å². The third-order valence-corrected chi connectivity index (χ3v) is 3.58. The van der Waals surface area contributed by atoms with Crippen LogP contribution in [0.25, 0.3) is 0 Å². The Labute approximate surface area is 129 Å². The highest BCUT2D eigenvalue weighted by Crippen LogP contribution is 2.31. The van der Waals surface area contributed by atoms with Crippen LogP contribution in [-0.2, 0) is 20.6 Å². The van der Waals surface area contributed by atoms with Crippen LogP contribution < -0.4 is 16.6 Å². The molecule has 0 radical (unpaired) electrons. The van der Waals surface area contributed by atoms with Crippen LogP contribution in [0.2, 0.25) is 10.0 Å². The lowest BCUT2D eigenvalue weighted by atomic mass is 10.2. The molecule has 1 aromatic heterocycles. The summed E-state index contributed by atoms with van der Waals surface area (Å²) in [4.78, 5) is 23.6. The molecule has 1 heterocycles. The van der Waals surface area contributed by atoms with E-state index in [9.17, 15) is 14.0 Å². The van der Waals surface area contributed by atoms with Gasteiger partial charge in [0.1, 0.15) is 5.82 Å². The van der Waals surface area contributed by atoms with Crippen molar-refractivity contribution in [3.63, 3.8) is 0 Å². The summed E-state index contributed by atoms with van der Waals surface area (Å²) in [5, 5.41) is 3.11. The van der Waals surface area contributed by atoms with Crippen LogP contribution in [-0.4, -0.2) is 9.13 Å². The molecule has 2 rings (SSSR count). The number of anilines is 1. The quantitative estimate of drug-likeness (QED) is 0.937. The molecule has 0 spiro atoms. The maximum absolute atomic E-state index is 13.1. The van der Waals surface area contributed by atoms with Crippen molar-refractivity contribution in [2.24, 2.45) is 14.1 Å². The SMILES string of the molecule is Cn1cc(CNc2c(Cl)cc(F)cc2Cl)c(=O)n(C)c1=O. The van der Waals surface area contributed by atoms with Crippen LogP contribution in [0.15, 0.2) is 27.9 Å². The first kappa shape index (κ1) is 15.6. The summed E-state index contributed by atoms with van der Waals surface area (Å²) in [7, 11) is 2.94. The summed E-state index contributed by atoms with van der Waals surface area (Å²) in [6, 6.07) is 2.24. The number of aryl methyl sites for hydroxylation is 1. The van der Waals surface area contributed by atoms with Gasteiger partial charge in [0.15, 0.2) is 0 Å². The highest BCUT2D eigenvalue weighted by molar-refractivity contribution is 6.39.